The molecular formula is C30H37N5O7. The zero-order chi connectivity index (χ0) is 30.8. The first-order valence-electron chi connectivity index (χ1n) is 13.7. The van der Waals surface area contributed by atoms with Crippen molar-refractivity contribution in [1.82, 2.24) is 14.8 Å². The lowest BCUT2D eigenvalue weighted by Crippen LogP contribution is -2.65. The number of hydrogen-bond acceptors (Lipinski definition) is 10. The van der Waals surface area contributed by atoms with Crippen LogP contribution >= 0.6 is 0 Å². The van der Waals surface area contributed by atoms with Crippen molar-refractivity contribution in [1.29, 1.82) is 0 Å². The number of fused-ring (bicyclic) bond motifs is 3. The van der Waals surface area contributed by atoms with E-state index in [0.29, 0.717) is 17.7 Å². The van der Waals surface area contributed by atoms with E-state index in [1.165, 1.54) is 4.90 Å². The second-order valence-corrected chi connectivity index (χ2v) is 11.8. The van der Waals surface area contributed by atoms with E-state index >= 15 is 0 Å². The molecule has 0 saturated heterocycles. The van der Waals surface area contributed by atoms with Crippen molar-refractivity contribution < 1.29 is 34.8 Å². The molecule has 1 fully saturated rings. The molecule has 1 saturated carbocycles. The number of phenols is 1. The van der Waals surface area contributed by atoms with Crippen LogP contribution in [0.1, 0.15) is 28.8 Å². The lowest BCUT2D eigenvalue weighted by molar-refractivity contribution is -0.153. The van der Waals surface area contributed by atoms with E-state index < -0.39 is 58.0 Å². The summed E-state index contributed by atoms with van der Waals surface area (Å²) in [7, 11) is 8.75. The second kappa shape index (κ2) is 10.3. The van der Waals surface area contributed by atoms with Gasteiger partial charge in [0.15, 0.2) is 11.4 Å². The summed E-state index contributed by atoms with van der Waals surface area (Å²) >= 11 is 0. The molecule has 1 aromatic carbocycles. The number of aliphatic hydroxyl groups is 3. The number of nitrogens with two attached hydrogens (primary N) is 1. The number of aromatic nitrogens is 1. The average Bonchev–Trinajstić information content (AvgIpc) is 3.31. The Hall–Kier alpha value is -4.13. The van der Waals surface area contributed by atoms with Crippen LogP contribution in [0.3, 0.4) is 0 Å². The number of aryl methyl sites for hydroxylation is 1. The molecule has 12 heteroatoms. The topological polar surface area (TPSA) is 182 Å². The number of likely N-dealkylation sites (N-methyl/N-ethyl adjacent to an activating group) is 1. The van der Waals surface area contributed by atoms with Gasteiger partial charge >= 0.3 is 0 Å². The first-order valence-corrected chi connectivity index (χ1v) is 13.7. The van der Waals surface area contributed by atoms with Crippen LogP contribution in [0, 0.1) is 11.8 Å². The Morgan fingerprint density at radius 2 is 1.86 bits per heavy atom. The molecule has 1 aromatic heterocycles. The minimum absolute atomic E-state index is 0.0410. The van der Waals surface area contributed by atoms with Crippen LogP contribution in [0.4, 0.5) is 5.69 Å². The van der Waals surface area contributed by atoms with E-state index in [2.05, 4.69) is 5.32 Å². The minimum Gasteiger partial charge on any atom is -0.508 e. The highest BCUT2D eigenvalue weighted by Gasteiger charge is 2.64. The molecule has 3 aliphatic rings. The molecule has 1 amide bonds. The summed E-state index contributed by atoms with van der Waals surface area (Å²) in [4.78, 5) is 42.9. The highest BCUT2D eigenvalue weighted by Crippen LogP contribution is 2.54. The molecule has 4 atom stereocenters. The Kier molecular flexibility index (Phi) is 7.20. The smallest absolute Gasteiger partial charge is 0.255 e. The van der Waals surface area contributed by atoms with Gasteiger partial charge in [0.25, 0.3) is 5.91 Å². The molecule has 1 heterocycles. The molecule has 7 N–H and O–H groups in total. The third-order valence-electron chi connectivity index (χ3n) is 8.93. The number of primary amides is 1. The van der Waals surface area contributed by atoms with E-state index in [4.69, 9.17) is 5.73 Å². The van der Waals surface area contributed by atoms with Crippen LogP contribution in [-0.4, -0.2) is 87.2 Å². The highest BCUT2D eigenvalue weighted by molar-refractivity contribution is 6.24. The van der Waals surface area contributed by atoms with Gasteiger partial charge in [0.1, 0.15) is 22.8 Å². The van der Waals surface area contributed by atoms with Gasteiger partial charge in [0.05, 0.1) is 11.6 Å². The number of aromatic hydroxyl groups is 1. The number of nitrogens with one attached hydrogen (secondary N) is 1. The summed E-state index contributed by atoms with van der Waals surface area (Å²) in [5, 5.41) is 49.2. The number of rotatable bonds is 7. The fourth-order valence-electron chi connectivity index (χ4n) is 6.89. The Morgan fingerprint density at radius 3 is 2.43 bits per heavy atom. The summed E-state index contributed by atoms with van der Waals surface area (Å²) in [5.74, 6) is -6.63. The summed E-state index contributed by atoms with van der Waals surface area (Å²) in [6.45, 7) is 0.786. The Bertz CT molecular complexity index is 1570. The van der Waals surface area contributed by atoms with Crippen molar-refractivity contribution in [3.8, 4) is 5.75 Å². The van der Waals surface area contributed by atoms with Gasteiger partial charge < -0.3 is 40.9 Å². The third-order valence-corrected chi connectivity index (χ3v) is 8.93. The number of aliphatic hydroxyl groups excluding tert-OH is 2. The molecule has 42 heavy (non-hydrogen) atoms. The van der Waals surface area contributed by atoms with Gasteiger partial charge in [0.2, 0.25) is 5.78 Å². The Labute approximate surface area is 243 Å². The average molecular weight is 580 g/mol. The number of nitrogens with zero attached hydrogens (tertiary/aromatic N) is 3. The molecule has 12 nitrogen and oxygen atoms in total. The molecule has 5 rings (SSSR count). The molecule has 2 aromatic rings. The normalized spacial score (nSPS) is 25.5. The van der Waals surface area contributed by atoms with Gasteiger partial charge in [0, 0.05) is 68.9 Å². The van der Waals surface area contributed by atoms with Crippen LogP contribution in [0.15, 0.2) is 41.3 Å². The fourth-order valence-corrected chi connectivity index (χ4v) is 6.89. The third kappa shape index (κ3) is 4.20. The van der Waals surface area contributed by atoms with Crippen LogP contribution in [0.5, 0.6) is 5.75 Å². The molecule has 2 unspecified atom stereocenters. The molecular weight excluding hydrogens is 542 g/mol. The van der Waals surface area contributed by atoms with Gasteiger partial charge in [-0.25, -0.2) is 0 Å². The summed E-state index contributed by atoms with van der Waals surface area (Å²) in [6, 6.07) is 4.62. The largest absolute Gasteiger partial charge is 0.508 e. The zero-order valence-electron chi connectivity index (χ0n) is 24.3. The van der Waals surface area contributed by atoms with Gasteiger partial charge in [-0.2, -0.15) is 0 Å². The van der Waals surface area contributed by atoms with Gasteiger partial charge in [-0.1, -0.05) is 0 Å². The first-order chi connectivity index (χ1) is 19.7. The van der Waals surface area contributed by atoms with Crippen molar-refractivity contribution in [2.75, 3.05) is 33.1 Å². The van der Waals surface area contributed by atoms with Crippen LogP contribution < -0.4 is 16.0 Å². The maximum absolute atomic E-state index is 14.1. The minimum atomic E-state index is -2.67. The van der Waals surface area contributed by atoms with Crippen LogP contribution in [0.2, 0.25) is 0 Å². The standard InChI is InChI=1S/C30H37N5O7/c1-33(2)19-11-15(12-32-13-16-7-6-8-35(16)5)24(36)21-17(19)9-14-10-18-23(34(3)4)26(38)22(29(31)41)28(40)30(18,42)27(39)20(14)25(21)37/h6-8,11,14,18,23,32,36-37,40,42H,9-10,12-13H2,1-5H3,(H2,31,41)/t14?,18?,23-,30-/m0/s1. The number of ketones is 2. The molecule has 0 radical (unpaired) electrons. The summed E-state index contributed by atoms with van der Waals surface area (Å²) < 4.78 is 1.97. The lowest BCUT2D eigenvalue weighted by atomic mass is 9.57. The van der Waals surface area contributed by atoms with E-state index in [0.717, 1.165) is 11.4 Å². The molecule has 224 valence electrons. The van der Waals surface area contributed by atoms with E-state index in [1.807, 2.05) is 55.0 Å². The molecule has 0 bridgehead atoms. The van der Waals surface area contributed by atoms with Gasteiger partial charge in [-0.05, 0) is 56.6 Å². The number of carbonyl (C=O) groups excluding carboxylic acids is 3. The van der Waals surface area contributed by atoms with E-state index in [1.54, 1.807) is 14.1 Å². The number of amides is 1. The first kappa shape index (κ1) is 29.4. The maximum atomic E-state index is 14.1. The monoisotopic (exact) mass is 579 g/mol. The van der Waals surface area contributed by atoms with Crippen molar-refractivity contribution in [3.63, 3.8) is 0 Å². The second-order valence-electron chi connectivity index (χ2n) is 11.8. The number of carbonyl (C=O) groups is 3. The van der Waals surface area contributed by atoms with Crippen molar-refractivity contribution in [3.05, 3.63) is 63.7 Å². The predicted octanol–water partition coefficient (Wildman–Crippen LogP) is 0.658. The van der Waals surface area contributed by atoms with Crippen molar-refractivity contribution >= 4 is 28.9 Å². The highest BCUT2D eigenvalue weighted by atomic mass is 16.3. The van der Waals surface area contributed by atoms with Crippen molar-refractivity contribution in [2.45, 2.75) is 37.6 Å². The SMILES string of the molecule is CN(C)c1cc(CNCc2cccn2C)c(O)c2c1CC1CC3[C@H](N(C)C)C(=O)C(C(N)=O)=C(O)[C@@]3(O)C(=O)C1=C2O. The number of benzene rings is 1. The van der Waals surface area contributed by atoms with Crippen molar-refractivity contribution in [2.24, 2.45) is 24.6 Å². The van der Waals surface area contributed by atoms with Gasteiger partial charge in [-0.15, -0.1) is 0 Å². The molecule has 0 aliphatic heterocycles. The summed E-state index contributed by atoms with van der Waals surface area (Å²) in [6.07, 6.45) is 2.20. The fraction of sp³-hybridized carbons (Fsp3) is 0.433. The maximum Gasteiger partial charge on any atom is 0.255 e. The summed E-state index contributed by atoms with van der Waals surface area (Å²) in [5.41, 5.74) is 4.69. The van der Waals surface area contributed by atoms with Gasteiger partial charge in [-0.3, -0.25) is 19.3 Å². The number of anilines is 1. The predicted molar refractivity (Wildman–Crippen MR) is 155 cm³/mol. The number of phenolic OH excluding ortho intramolecular Hbond substituents is 1. The zero-order valence-corrected chi connectivity index (χ0v) is 24.3. The van der Waals surface area contributed by atoms with Crippen LogP contribution in [-0.2, 0) is 40.9 Å². The quantitative estimate of drug-likeness (QED) is 0.255. The van der Waals surface area contributed by atoms with E-state index in [-0.39, 0.29) is 36.3 Å². The molecule has 0 spiro atoms. The van der Waals surface area contributed by atoms with E-state index in [9.17, 15) is 34.8 Å². The van der Waals surface area contributed by atoms with Crippen LogP contribution in [0.25, 0.3) is 5.76 Å². The Morgan fingerprint density at radius 1 is 1.17 bits per heavy atom. The lowest BCUT2D eigenvalue weighted by Gasteiger charge is -2.50. The Balaban J connectivity index is 1.63. The number of Topliss-reactive ketones (excluding diaryl/α,β-unsaturated/α-hetero) is 2. The number of hydrogen-bond donors (Lipinski definition) is 6. The molecule has 3 aliphatic carbocycles.